The summed E-state index contributed by atoms with van der Waals surface area (Å²) in [6.45, 7) is 38.9. The number of carboxylic acid groups (broad SMARTS) is 1. The number of carbonyl (C=O) groups excluding carboxylic acids is 13. The van der Waals surface area contributed by atoms with Gasteiger partial charge in [-0.15, -0.1) is 0 Å². The highest BCUT2D eigenvalue weighted by molar-refractivity contribution is 5.86. The molecule has 0 aromatic rings. The van der Waals surface area contributed by atoms with Crippen LogP contribution in [0.1, 0.15) is 251 Å². The molecule has 1 N–H and O–H groups in total. The molecule has 0 bridgehead atoms. The van der Waals surface area contributed by atoms with Crippen molar-refractivity contribution in [1.29, 1.82) is 0 Å². The molecule has 31 nitrogen and oxygen atoms in total. The van der Waals surface area contributed by atoms with Crippen LogP contribution in [0, 0.1) is 0 Å². The zero-order valence-corrected chi connectivity index (χ0v) is 70.2. The molecule has 1 aliphatic heterocycles. The van der Waals surface area contributed by atoms with Crippen molar-refractivity contribution in [2.24, 2.45) is 0 Å². The van der Waals surface area contributed by atoms with Crippen LogP contribution in [0.25, 0.3) is 0 Å². The highest BCUT2D eigenvalue weighted by atomic mass is 16.6. The summed E-state index contributed by atoms with van der Waals surface area (Å²) in [5.41, 5.74) is -9.28. The predicted molar refractivity (Wildman–Crippen MR) is 399 cm³/mol. The normalized spacial score (nSPS) is 15.4. The maximum absolute atomic E-state index is 15.3. The Morgan fingerprint density at radius 3 is 0.583 bits per heavy atom. The topological polar surface area (TPSA) is 365 Å². The van der Waals surface area contributed by atoms with Crippen LogP contribution in [0.3, 0.4) is 0 Å². The Hall–Kier alpha value is -7.54. The number of amides is 4. The maximum atomic E-state index is 15.3. The van der Waals surface area contributed by atoms with Crippen LogP contribution in [-0.2, 0) is 110 Å². The largest absolute Gasteiger partial charge is 0.481 e. The van der Waals surface area contributed by atoms with E-state index in [0.29, 0.717) is 0 Å². The second-order valence-electron chi connectivity index (χ2n) is 36.1. The Kier molecular flexibility index (Phi) is 38.3. The SMILES string of the molecule is CC(C)(C)OC(=O)CN(CC(=O)OC(C)(C)C)C(CCC(=O)N1CCCN(C(=O)CCC(C(=O)OC(C)(C)C)N(CC(=O)OC(C)(C)C)CC(=O)OC(C)(C)C)CCN(C(=O)CCC(C(=O)OC(C)(C)C)N(CC(=O)OC(C)(C)C)CC(=O)OC(C)(C)C)CCCN(C(=O)CCC(=O)O)CC1)C(=O)OC(C)(C)C. The molecule has 0 aliphatic carbocycles. The van der Waals surface area contributed by atoms with Gasteiger partial charge in [0.15, 0.2) is 0 Å². The number of rotatable bonds is 30. The summed E-state index contributed by atoms with van der Waals surface area (Å²) in [4.78, 5) is 206. The average molecular weight is 1540 g/mol. The minimum atomic E-state index is -1.46. The van der Waals surface area contributed by atoms with E-state index >= 15 is 14.4 Å². The average Bonchev–Trinajstić information content (AvgIpc) is 0.849. The van der Waals surface area contributed by atoms with Gasteiger partial charge in [0.05, 0.1) is 45.7 Å². The van der Waals surface area contributed by atoms with Gasteiger partial charge in [0.25, 0.3) is 0 Å². The molecule has 1 heterocycles. The van der Waals surface area contributed by atoms with Crippen LogP contribution in [0.5, 0.6) is 0 Å². The molecule has 1 aliphatic rings. The molecule has 0 radical (unpaired) electrons. The Bertz CT molecular complexity index is 2960. The second-order valence-corrected chi connectivity index (χ2v) is 36.1. The zero-order valence-electron chi connectivity index (χ0n) is 70.2. The number of ether oxygens (including phenoxy) is 9. The highest BCUT2D eigenvalue weighted by Gasteiger charge is 2.41. The Balaban J connectivity index is 4.44. The molecule has 0 aromatic carbocycles. The van der Waals surface area contributed by atoms with E-state index < -0.39 is 223 Å². The molecular weight excluding hydrogens is 1410 g/mol. The van der Waals surface area contributed by atoms with E-state index in [9.17, 15) is 57.8 Å². The molecule has 4 amide bonds. The van der Waals surface area contributed by atoms with Gasteiger partial charge < -0.3 is 67.3 Å². The molecule has 3 atom stereocenters. The molecular formula is C77H133N7O24. The molecule has 620 valence electrons. The third-order valence-corrected chi connectivity index (χ3v) is 14.7. The number of hydrogen-bond acceptors (Lipinski definition) is 26. The standard InChI is InChI=1S/C77H133N7O24/c1-69(2,3)100-60(91)46-82(47-61(92)101-70(4,5)6)52(66(97)106-75(19,20)21)30-33-55(85)78-38-28-39-80(57(87)35-32-54(68(99)108-77(25,26)27)84(50-64(95)104-73(13,14)15)51-65(96)105-74(16,17)18)44-45-81(58(88)36-37-59(89)90)41-29-40-79(43-42-78)56(86)34-31-53(67(98)107-76(22,23)24)83(48-62(93)102-71(7,8)9)49-63(94)103-72(10,11)12/h52-54H,28-51H2,1-27H3,(H,89,90). The van der Waals surface area contributed by atoms with E-state index in [0.717, 1.165) is 0 Å². The molecule has 3 unspecified atom stereocenters. The minimum Gasteiger partial charge on any atom is -0.481 e. The molecule has 1 rings (SSSR count). The first-order valence-electron chi connectivity index (χ1n) is 37.3. The first-order valence-corrected chi connectivity index (χ1v) is 37.3. The van der Waals surface area contributed by atoms with Crippen LogP contribution in [0.15, 0.2) is 0 Å². The van der Waals surface area contributed by atoms with Gasteiger partial charge in [-0.3, -0.25) is 81.8 Å². The Morgan fingerprint density at radius 1 is 0.259 bits per heavy atom. The van der Waals surface area contributed by atoms with Crippen molar-refractivity contribution in [1.82, 2.24) is 34.3 Å². The number of carbonyl (C=O) groups is 14. The van der Waals surface area contributed by atoms with Crippen molar-refractivity contribution in [3.63, 3.8) is 0 Å². The van der Waals surface area contributed by atoms with Gasteiger partial charge in [-0.05, 0) is 219 Å². The molecule has 31 heteroatoms. The minimum absolute atomic E-state index is 0.0107. The van der Waals surface area contributed by atoms with Crippen molar-refractivity contribution in [2.75, 3.05) is 91.6 Å². The fraction of sp³-hybridized carbons (Fsp3) is 0.818. The number of carboxylic acids is 1. The molecule has 1 fully saturated rings. The molecule has 108 heavy (non-hydrogen) atoms. The van der Waals surface area contributed by atoms with Gasteiger partial charge in [0, 0.05) is 78.0 Å². The van der Waals surface area contributed by atoms with Crippen molar-refractivity contribution < 1.29 is 115 Å². The van der Waals surface area contributed by atoms with Gasteiger partial charge in [0.1, 0.15) is 68.5 Å². The van der Waals surface area contributed by atoms with Gasteiger partial charge in [-0.25, -0.2) is 0 Å². The van der Waals surface area contributed by atoms with Gasteiger partial charge >= 0.3 is 59.7 Å². The molecule has 0 aromatic heterocycles. The van der Waals surface area contributed by atoms with E-state index in [1.54, 1.807) is 187 Å². The number of hydrogen-bond donors (Lipinski definition) is 1. The van der Waals surface area contributed by atoms with Crippen LogP contribution in [0.4, 0.5) is 0 Å². The lowest BCUT2D eigenvalue weighted by molar-refractivity contribution is -0.171. The fourth-order valence-corrected chi connectivity index (χ4v) is 11.0. The first kappa shape index (κ1) is 98.5. The van der Waals surface area contributed by atoms with E-state index in [1.807, 2.05) is 0 Å². The lowest BCUT2D eigenvalue weighted by Crippen LogP contribution is -2.51. The van der Waals surface area contributed by atoms with Crippen molar-refractivity contribution in [3.8, 4) is 0 Å². The lowest BCUT2D eigenvalue weighted by Gasteiger charge is -2.35. The number of aliphatic carboxylic acids is 1. The predicted octanol–water partition coefficient (Wildman–Crippen LogP) is 7.39. The van der Waals surface area contributed by atoms with Crippen LogP contribution < -0.4 is 0 Å². The third-order valence-electron chi connectivity index (χ3n) is 14.7. The van der Waals surface area contributed by atoms with Crippen molar-refractivity contribution in [2.45, 2.75) is 320 Å². The number of nitrogens with zero attached hydrogens (tertiary/aromatic N) is 7. The van der Waals surface area contributed by atoms with Gasteiger partial charge in [-0.1, -0.05) is 0 Å². The van der Waals surface area contributed by atoms with Crippen LogP contribution >= 0.6 is 0 Å². The van der Waals surface area contributed by atoms with E-state index in [4.69, 9.17) is 42.6 Å². The monoisotopic (exact) mass is 1540 g/mol. The molecule has 1 saturated heterocycles. The second kappa shape index (κ2) is 42.0. The van der Waals surface area contributed by atoms with Crippen molar-refractivity contribution >= 4 is 83.3 Å². The fourth-order valence-electron chi connectivity index (χ4n) is 11.0. The zero-order chi connectivity index (χ0) is 83.7. The first-order chi connectivity index (χ1) is 48.8. The summed E-state index contributed by atoms with van der Waals surface area (Å²) in [6.07, 6.45) is -3.37. The van der Waals surface area contributed by atoms with E-state index in [-0.39, 0.29) is 84.5 Å². The summed E-state index contributed by atoms with van der Waals surface area (Å²) in [5, 5.41) is 9.73. The number of esters is 9. The highest BCUT2D eigenvalue weighted by Crippen LogP contribution is 2.25. The summed E-state index contributed by atoms with van der Waals surface area (Å²) < 4.78 is 51.5. The van der Waals surface area contributed by atoms with Crippen LogP contribution in [-0.4, -0.2) is 283 Å². The molecule has 0 saturated carbocycles. The third kappa shape index (κ3) is 45.4. The summed E-state index contributed by atoms with van der Waals surface area (Å²) in [7, 11) is 0. The van der Waals surface area contributed by atoms with Crippen LogP contribution in [0.2, 0.25) is 0 Å². The van der Waals surface area contributed by atoms with E-state index in [2.05, 4.69) is 0 Å². The summed E-state index contributed by atoms with van der Waals surface area (Å²) in [5.74, 6) is -11.2. The van der Waals surface area contributed by atoms with Gasteiger partial charge in [-0.2, -0.15) is 0 Å². The Morgan fingerprint density at radius 2 is 0.426 bits per heavy atom. The summed E-state index contributed by atoms with van der Waals surface area (Å²) in [6, 6.07) is -4.35. The summed E-state index contributed by atoms with van der Waals surface area (Å²) >= 11 is 0. The Labute approximate surface area is 641 Å². The molecule has 0 spiro atoms. The quantitative estimate of drug-likeness (QED) is 0.0541. The van der Waals surface area contributed by atoms with Crippen molar-refractivity contribution in [3.05, 3.63) is 0 Å². The lowest BCUT2D eigenvalue weighted by atomic mass is 10.1. The van der Waals surface area contributed by atoms with E-state index in [1.165, 1.54) is 34.3 Å². The maximum Gasteiger partial charge on any atom is 0.323 e. The smallest absolute Gasteiger partial charge is 0.323 e. The van der Waals surface area contributed by atoms with Gasteiger partial charge in [0.2, 0.25) is 23.6 Å².